The second kappa shape index (κ2) is 6.55. The van der Waals surface area contributed by atoms with Crippen molar-refractivity contribution >= 4 is 5.97 Å². The number of rotatable bonds is 5. The molecule has 0 aliphatic rings. The molecule has 0 unspecified atom stereocenters. The molecule has 0 spiro atoms. The summed E-state index contributed by atoms with van der Waals surface area (Å²) in [6.07, 6.45) is 0.397. The van der Waals surface area contributed by atoms with Crippen LogP contribution in [0, 0.1) is 0 Å². The molecule has 3 nitrogen and oxygen atoms in total. The maximum atomic E-state index is 11.5. The van der Waals surface area contributed by atoms with Crippen molar-refractivity contribution in [1.82, 2.24) is 5.32 Å². The molecule has 3 heteroatoms. The van der Waals surface area contributed by atoms with Gasteiger partial charge in [0, 0.05) is 12.6 Å². The molecule has 0 heterocycles. The number of nitrogens with one attached hydrogen (secondary N) is 1. The van der Waals surface area contributed by atoms with Crippen LogP contribution in [0.1, 0.15) is 45.7 Å². The van der Waals surface area contributed by atoms with Gasteiger partial charge in [-0.3, -0.25) is 4.79 Å². The van der Waals surface area contributed by atoms with Crippen molar-refractivity contribution in [3.8, 4) is 0 Å². The SMILES string of the molecule is C[C@H](NCCC(=O)OC(C)(C)C)c1ccccc1. The minimum atomic E-state index is -0.401. The fourth-order valence-corrected chi connectivity index (χ4v) is 1.64. The van der Waals surface area contributed by atoms with Crippen molar-refractivity contribution < 1.29 is 9.53 Å². The molecule has 0 aliphatic heterocycles. The average molecular weight is 249 g/mol. The highest BCUT2D eigenvalue weighted by atomic mass is 16.6. The van der Waals surface area contributed by atoms with E-state index in [0.29, 0.717) is 13.0 Å². The van der Waals surface area contributed by atoms with Crippen molar-refractivity contribution in [2.45, 2.75) is 45.8 Å². The average Bonchev–Trinajstić information content (AvgIpc) is 2.27. The van der Waals surface area contributed by atoms with E-state index in [9.17, 15) is 4.79 Å². The molecule has 0 saturated heterocycles. The Morgan fingerprint density at radius 1 is 1.28 bits per heavy atom. The van der Waals surface area contributed by atoms with Gasteiger partial charge < -0.3 is 10.1 Å². The van der Waals surface area contributed by atoms with Crippen LogP contribution in [-0.4, -0.2) is 18.1 Å². The quantitative estimate of drug-likeness (QED) is 0.815. The van der Waals surface area contributed by atoms with Gasteiger partial charge in [-0.25, -0.2) is 0 Å². The summed E-state index contributed by atoms with van der Waals surface area (Å²) in [5.74, 6) is -0.157. The molecular formula is C15H23NO2. The first kappa shape index (κ1) is 14.7. The van der Waals surface area contributed by atoms with E-state index >= 15 is 0 Å². The zero-order chi connectivity index (χ0) is 13.6. The van der Waals surface area contributed by atoms with Gasteiger partial charge in [-0.15, -0.1) is 0 Å². The van der Waals surface area contributed by atoms with E-state index in [2.05, 4.69) is 24.4 Å². The van der Waals surface area contributed by atoms with Crippen LogP contribution in [0.4, 0.5) is 0 Å². The highest BCUT2D eigenvalue weighted by Crippen LogP contribution is 2.11. The van der Waals surface area contributed by atoms with E-state index < -0.39 is 5.60 Å². The summed E-state index contributed by atoms with van der Waals surface area (Å²) in [6, 6.07) is 10.4. The van der Waals surface area contributed by atoms with Gasteiger partial charge in [0.15, 0.2) is 0 Å². The lowest BCUT2D eigenvalue weighted by atomic mass is 10.1. The van der Waals surface area contributed by atoms with E-state index in [-0.39, 0.29) is 12.0 Å². The summed E-state index contributed by atoms with van der Waals surface area (Å²) < 4.78 is 5.25. The van der Waals surface area contributed by atoms with Crippen molar-refractivity contribution in [2.75, 3.05) is 6.54 Å². The second-order valence-corrected chi connectivity index (χ2v) is 5.42. The molecule has 18 heavy (non-hydrogen) atoms. The van der Waals surface area contributed by atoms with Gasteiger partial charge in [0.2, 0.25) is 0 Å². The molecule has 0 bridgehead atoms. The van der Waals surface area contributed by atoms with Gasteiger partial charge in [-0.2, -0.15) is 0 Å². The lowest BCUT2D eigenvalue weighted by molar-refractivity contribution is -0.154. The van der Waals surface area contributed by atoms with E-state index in [1.54, 1.807) is 0 Å². The zero-order valence-corrected chi connectivity index (χ0v) is 11.7. The lowest BCUT2D eigenvalue weighted by Crippen LogP contribution is -2.27. The number of benzene rings is 1. The van der Waals surface area contributed by atoms with Gasteiger partial charge in [0.05, 0.1) is 6.42 Å². The van der Waals surface area contributed by atoms with Crippen LogP contribution in [0.25, 0.3) is 0 Å². The Bertz CT molecular complexity index is 368. The summed E-state index contributed by atoms with van der Waals surface area (Å²) in [7, 11) is 0. The predicted molar refractivity (Wildman–Crippen MR) is 73.3 cm³/mol. The Morgan fingerprint density at radius 2 is 1.89 bits per heavy atom. The lowest BCUT2D eigenvalue weighted by Gasteiger charge is -2.20. The fourth-order valence-electron chi connectivity index (χ4n) is 1.64. The van der Waals surface area contributed by atoms with E-state index in [1.165, 1.54) is 5.56 Å². The molecule has 0 radical (unpaired) electrons. The van der Waals surface area contributed by atoms with Crippen molar-refractivity contribution in [3.63, 3.8) is 0 Å². The third-order valence-corrected chi connectivity index (χ3v) is 2.50. The van der Waals surface area contributed by atoms with Crippen LogP contribution >= 0.6 is 0 Å². The molecule has 0 fully saturated rings. The molecule has 1 aromatic carbocycles. The third kappa shape index (κ3) is 5.82. The van der Waals surface area contributed by atoms with Crippen LogP contribution in [0.3, 0.4) is 0 Å². The number of hydrogen-bond acceptors (Lipinski definition) is 3. The summed E-state index contributed by atoms with van der Waals surface area (Å²) >= 11 is 0. The van der Waals surface area contributed by atoms with Crippen molar-refractivity contribution in [2.24, 2.45) is 0 Å². The normalized spacial score (nSPS) is 13.1. The molecule has 1 aromatic rings. The first-order valence-electron chi connectivity index (χ1n) is 6.38. The number of ether oxygens (including phenoxy) is 1. The summed E-state index contributed by atoms with van der Waals surface area (Å²) in [5, 5.41) is 3.31. The van der Waals surface area contributed by atoms with Gasteiger partial charge >= 0.3 is 5.97 Å². The third-order valence-electron chi connectivity index (χ3n) is 2.50. The first-order valence-corrected chi connectivity index (χ1v) is 6.38. The van der Waals surface area contributed by atoms with Crippen LogP contribution in [0.15, 0.2) is 30.3 Å². The molecule has 1 rings (SSSR count). The Hall–Kier alpha value is -1.35. The summed E-state index contributed by atoms with van der Waals surface area (Å²) in [4.78, 5) is 11.5. The van der Waals surface area contributed by atoms with Gasteiger partial charge in [-0.1, -0.05) is 30.3 Å². The molecular weight excluding hydrogens is 226 g/mol. The van der Waals surface area contributed by atoms with Gasteiger partial charge in [-0.05, 0) is 33.3 Å². The number of carbonyl (C=O) groups is 1. The van der Waals surface area contributed by atoms with Crippen molar-refractivity contribution in [3.05, 3.63) is 35.9 Å². The Balaban J connectivity index is 2.28. The Labute approximate surface area is 110 Å². The minimum Gasteiger partial charge on any atom is -0.460 e. The maximum Gasteiger partial charge on any atom is 0.307 e. The number of hydrogen-bond donors (Lipinski definition) is 1. The zero-order valence-electron chi connectivity index (χ0n) is 11.7. The first-order chi connectivity index (χ1) is 8.38. The highest BCUT2D eigenvalue weighted by molar-refractivity contribution is 5.70. The monoisotopic (exact) mass is 249 g/mol. The predicted octanol–water partition coefficient (Wildman–Crippen LogP) is 3.07. The van der Waals surface area contributed by atoms with Crippen LogP contribution in [0.5, 0.6) is 0 Å². The van der Waals surface area contributed by atoms with Gasteiger partial charge in [0.1, 0.15) is 5.60 Å². The van der Waals surface area contributed by atoms with Gasteiger partial charge in [0.25, 0.3) is 0 Å². The van der Waals surface area contributed by atoms with E-state index in [0.717, 1.165) is 0 Å². The summed E-state index contributed by atoms with van der Waals surface area (Å²) in [5.41, 5.74) is 0.823. The van der Waals surface area contributed by atoms with Crippen LogP contribution in [0.2, 0.25) is 0 Å². The number of carbonyl (C=O) groups excluding carboxylic acids is 1. The minimum absolute atomic E-state index is 0.157. The highest BCUT2D eigenvalue weighted by Gasteiger charge is 2.15. The number of esters is 1. The topological polar surface area (TPSA) is 38.3 Å². The van der Waals surface area contributed by atoms with Crippen LogP contribution < -0.4 is 5.32 Å². The van der Waals surface area contributed by atoms with Crippen LogP contribution in [-0.2, 0) is 9.53 Å². The summed E-state index contributed by atoms with van der Waals surface area (Å²) in [6.45, 7) is 8.36. The van der Waals surface area contributed by atoms with Crippen molar-refractivity contribution in [1.29, 1.82) is 0 Å². The second-order valence-electron chi connectivity index (χ2n) is 5.42. The molecule has 0 amide bonds. The Kier molecular flexibility index (Phi) is 5.35. The molecule has 0 aromatic heterocycles. The fraction of sp³-hybridized carbons (Fsp3) is 0.533. The van der Waals surface area contributed by atoms with E-state index in [1.807, 2.05) is 39.0 Å². The molecule has 0 aliphatic carbocycles. The maximum absolute atomic E-state index is 11.5. The molecule has 0 saturated carbocycles. The Morgan fingerprint density at radius 3 is 2.44 bits per heavy atom. The molecule has 100 valence electrons. The smallest absolute Gasteiger partial charge is 0.307 e. The largest absolute Gasteiger partial charge is 0.460 e. The standard InChI is InChI=1S/C15H23NO2/c1-12(13-8-6-5-7-9-13)16-11-10-14(17)18-15(2,3)4/h5-9,12,16H,10-11H2,1-4H3/t12-/m0/s1. The molecule has 1 atom stereocenters. The van der Waals surface area contributed by atoms with E-state index in [4.69, 9.17) is 4.74 Å². The molecule has 1 N–H and O–H groups in total.